The van der Waals surface area contributed by atoms with Gasteiger partial charge < -0.3 is 15.9 Å². The zero-order chi connectivity index (χ0) is 14.5. The van der Waals surface area contributed by atoms with Gasteiger partial charge in [0.05, 0.1) is 13.2 Å². The van der Waals surface area contributed by atoms with E-state index in [0.717, 1.165) is 5.56 Å². The van der Waals surface area contributed by atoms with E-state index < -0.39 is 17.4 Å². The van der Waals surface area contributed by atoms with E-state index in [2.05, 4.69) is 0 Å². The molecule has 19 heavy (non-hydrogen) atoms. The Balaban J connectivity index is 2.92. The molecule has 0 aliphatic rings. The van der Waals surface area contributed by atoms with Crippen molar-refractivity contribution < 1.29 is 15.0 Å². The van der Waals surface area contributed by atoms with Gasteiger partial charge >= 0.3 is 0 Å². The Morgan fingerprint density at radius 1 is 1.32 bits per heavy atom. The van der Waals surface area contributed by atoms with Crippen molar-refractivity contribution in [1.29, 1.82) is 0 Å². The van der Waals surface area contributed by atoms with Gasteiger partial charge in [0.25, 0.3) is 0 Å². The molecule has 0 aliphatic heterocycles. The molecule has 5 heteroatoms. The summed E-state index contributed by atoms with van der Waals surface area (Å²) < 4.78 is 0. The third-order valence-electron chi connectivity index (χ3n) is 3.22. The van der Waals surface area contributed by atoms with E-state index in [4.69, 9.17) is 5.73 Å². The summed E-state index contributed by atoms with van der Waals surface area (Å²) in [6.07, 6.45) is 0. The van der Waals surface area contributed by atoms with Crippen molar-refractivity contribution in [2.24, 2.45) is 11.1 Å². The van der Waals surface area contributed by atoms with Crippen LogP contribution in [0.3, 0.4) is 0 Å². The second-order valence-corrected chi connectivity index (χ2v) is 5.26. The van der Waals surface area contributed by atoms with Crippen LogP contribution in [0, 0.1) is 5.41 Å². The van der Waals surface area contributed by atoms with Gasteiger partial charge in [-0.15, -0.1) is 0 Å². The number of nitrogens with zero attached hydrogens (tertiary/aromatic N) is 1. The predicted octanol–water partition coefficient (Wildman–Crippen LogP) is 0.136. The summed E-state index contributed by atoms with van der Waals surface area (Å²) in [6.45, 7) is 1.80. The van der Waals surface area contributed by atoms with E-state index in [1.807, 2.05) is 30.3 Å². The van der Waals surface area contributed by atoms with Gasteiger partial charge in [0.1, 0.15) is 6.04 Å². The third kappa shape index (κ3) is 4.02. The van der Waals surface area contributed by atoms with E-state index in [1.165, 1.54) is 0 Å². The molecule has 0 aromatic heterocycles. The maximum absolute atomic E-state index is 11.7. The van der Waals surface area contributed by atoms with Crippen molar-refractivity contribution in [2.45, 2.75) is 13.0 Å². The topological polar surface area (TPSA) is 86.8 Å². The number of hydrogen-bond donors (Lipinski definition) is 3. The Labute approximate surface area is 113 Å². The van der Waals surface area contributed by atoms with Gasteiger partial charge in [-0.05, 0) is 12.6 Å². The number of carbonyl (C=O) groups excluding carboxylic acids is 1. The maximum Gasteiger partial charge on any atom is 0.239 e. The van der Waals surface area contributed by atoms with Crippen LogP contribution in [0.5, 0.6) is 0 Å². The number of carbonyl (C=O) groups is 1. The molecular weight excluding hydrogens is 244 g/mol. The lowest BCUT2D eigenvalue weighted by atomic mass is 9.91. The van der Waals surface area contributed by atoms with Crippen molar-refractivity contribution in [3.05, 3.63) is 35.9 Å². The summed E-state index contributed by atoms with van der Waals surface area (Å²) in [5.41, 5.74) is 5.60. The first-order valence-electron chi connectivity index (χ1n) is 6.20. The monoisotopic (exact) mass is 266 g/mol. The molecular formula is C14H22N2O3. The second-order valence-electron chi connectivity index (χ2n) is 5.26. The first-order valence-corrected chi connectivity index (χ1v) is 6.20. The summed E-state index contributed by atoms with van der Waals surface area (Å²) in [5, 5.41) is 18.6. The van der Waals surface area contributed by atoms with Crippen LogP contribution in [0.1, 0.15) is 18.5 Å². The number of likely N-dealkylation sites (N-methyl/N-ethyl adjacent to an activating group) is 1. The van der Waals surface area contributed by atoms with Crippen molar-refractivity contribution in [3.63, 3.8) is 0 Å². The highest BCUT2D eigenvalue weighted by Gasteiger charge is 2.30. The molecule has 106 valence electrons. The highest BCUT2D eigenvalue weighted by Crippen LogP contribution is 2.24. The lowest BCUT2D eigenvalue weighted by molar-refractivity contribution is -0.123. The van der Waals surface area contributed by atoms with Crippen LogP contribution in [-0.2, 0) is 4.79 Å². The quantitative estimate of drug-likeness (QED) is 0.655. The lowest BCUT2D eigenvalue weighted by Gasteiger charge is -2.34. The van der Waals surface area contributed by atoms with Crippen molar-refractivity contribution in [2.75, 3.05) is 26.8 Å². The number of hydrogen-bond acceptors (Lipinski definition) is 4. The SMILES string of the molecule is CN(CC(C)(CO)CO)C(C(N)=O)c1ccccc1. The molecule has 1 aromatic carbocycles. The fraction of sp³-hybridized carbons (Fsp3) is 0.500. The van der Waals surface area contributed by atoms with E-state index >= 15 is 0 Å². The smallest absolute Gasteiger partial charge is 0.239 e. The lowest BCUT2D eigenvalue weighted by Crippen LogP contribution is -2.44. The molecule has 0 saturated carbocycles. The van der Waals surface area contributed by atoms with Crippen LogP contribution < -0.4 is 5.73 Å². The summed E-state index contributed by atoms with van der Waals surface area (Å²) in [7, 11) is 1.76. The molecule has 0 saturated heterocycles. The Bertz CT molecular complexity index is 404. The Morgan fingerprint density at radius 3 is 2.26 bits per heavy atom. The molecule has 0 aliphatic carbocycles. The molecule has 1 amide bonds. The minimum absolute atomic E-state index is 0.159. The Hall–Kier alpha value is -1.43. The number of benzene rings is 1. The molecule has 0 fully saturated rings. The molecule has 0 spiro atoms. The first-order chi connectivity index (χ1) is 8.93. The highest BCUT2D eigenvalue weighted by molar-refractivity contribution is 5.81. The Kier molecular flexibility index (Phi) is 5.47. The van der Waals surface area contributed by atoms with Crippen LogP contribution in [0.15, 0.2) is 30.3 Å². The molecule has 0 bridgehead atoms. The number of aliphatic hydroxyl groups is 2. The summed E-state index contributed by atoms with van der Waals surface area (Å²) in [6, 6.07) is 8.65. The van der Waals surface area contributed by atoms with Gasteiger partial charge in [-0.2, -0.15) is 0 Å². The molecule has 4 N–H and O–H groups in total. The molecule has 5 nitrogen and oxygen atoms in total. The van der Waals surface area contributed by atoms with Crippen molar-refractivity contribution in [1.82, 2.24) is 4.90 Å². The van der Waals surface area contributed by atoms with Crippen molar-refractivity contribution >= 4 is 5.91 Å². The number of nitrogens with two attached hydrogens (primary N) is 1. The molecule has 1 unspecified atom stereocenters. The van der Waals surface area contributed by atoms with Crippen LogP contribution in [0.25, 0.3) is 0 Å². The largest absolute Gasteiger partial charge is 0.396 e. The van der Waals surface area contributed by atoms with Gasteiger partial charge in [-0.3, -0.25) is 9.69 Å². The summed E-state index contributed by atoms with van der Waals surface area (Å²) >= 11 is 0. The normalized spacial score (nSPS) is 13.5. The summed E-state index contributed by atoms with van der Waals surface area (Å²) in [4.78, 5) is 13.4. The van der Waals surface area contributed by atoms with Crippen LogP contribution in [0.4, 0.5) is 0 Å². The van der Waals surface area contributed by atoms with Crippen molar-refractivity contribution in [3.8, 4) is 0 Å². The Morgan fingerprint density at radius 2 is 1.84 bits per heavy atom. The standard InChI is InChI=1S/C14H22N2O3/c1-14(9-17,10-18)8-16(2)12(13(15)19)11-6-4-3-5-7-11/h3-7,12,17-18H,8-10H2,1-2H3,(H2,15,19). The van der Waals surface area contributed by atoms with Gasteiger partial charge in [-0.1, -0.05) is 37.3 Å². The van der Waals surface area contributed by atoms with Gasteiger partial charge in [0, 0.05) is 12.0 Å². The fourth-order valence-corrected chi connectivity index (χ4v) is 2.11. The van der Waals surface area contributed by atoms with Crippen LogP contribution in [-0.4, -0.2) is 47.8 Å². The predicted molar refractivity (Wildman–Crippen MR) is 73.3 cm³/mol. The molecule has 0 heterocycles. The molecule has 1 atom stereocenters. The number of primary amides is 1. The van der Waals surface area contributed by atoms with Gasteiger partial charge in [0.2, 0.25) is 5.91 Å². The number of amides is 1. The van der Waals surface area contributed by atoms with E-state index in [0.29, 0.717) is 6.54 Å². The zero-order valence-corrected chi connectivity index (χ0v) is 11.4. The third-order valence-corrected chi connectivity index (χ3v) is 3.22. The molecule has 1 rings (SSSR count). The highest BCUT2D eigenvalue weighted by atomic mass is 16.3. The van der Waals surface area contributed by atoms with Gasteiger partial charge in [0.15, 0.2) is 0 Å². The van der Waals surface area contributed by atoms with Crippen LogP contribution in [0.2, 0.25) is 0 Å². The van der Waals surface area contributed by atoms with E-state index in [1.54, 1.807) is 18.9 Å². The molecule has 1 aromatic rings. The van der Waals surface area contributed by atoms with Gasteiger partial charge in [-0.25, -0.2) is 0 Å². The average Bonchev–Trinajstić information content (AvgIpc) is 2.39. The first kappa shape index (κ1) is 15.6. The number of rotatable bonds is 7. The number of aliphatic hydroxyl groups excluding tert-OH is 2. The minimum atomic E-state index is -0.669. The fourth-order valence-electron chi connectivity index (χ4n) is 2.11. The summed E-state index contributed by atoms with van der Waals surface area (Å²) in [5.74, 6) is -0.452. The second kappa shape index (κ2) is 6.65. The maximum atomic E-state index is 11.7. The molecule has 0 radical (unpaired) electrons. The van der Waals surface area contributed by atoms with E-state index in [-0.39, 0.29) is 13.2 Å². The van der Waals surface area contributed by atoms with E-state index in [9.17, 15) is 15.0 Å². The zero-order valence-electron chi connectivity index (χ0n) is 11.4. The average molecular weight is 266 g/mol. The van der Waals surface area contributed by atoms with Crippen LogP contribution >= 0.6 is 0 Å². The minimum Gasteiger partial charge on any atom is -0.396 e.